The number of benzene rings is 1. The topological polar surface area (TPSA) is 55.6 Å². The Morgan fingerprint density at radius 3 is 2.55 bits per heavy atom. The quantitative estimate of drug-likeness (QED) is 0.449. The SMILES string of the molecule is CCCCCCCOC(=O)c1cc(N)ccc1N(C)C. The lowest BCUT2D eigenvalue weighted by Gasteiger charge is -2.17. The number of nitrogens with two attached hydrogens (primary N) is 1. The number of carbonyl (C=O) groups is 1. The first kappa shape index (κ1) is 16.3. The molecular weight excluding hydrogens is 252 g/mol. The van der Waals surface area contributed by atoms with Crippen LogP contribution in [0, 0.1) is 0 Å². The standard InChI is InChI=1S/C16H26N2O2/c1-4-5-6-7-8-11-20-16(19)14-12-13(17)9-10-15(14)18(2)3/h9-10,12H,4-8,11,17H2,1-3H3. The molecule has 0 aromatic heterocycles. The average molecular weight is 278 g/mol. The van der Waals surface area contributed by atoms with Gasteiger partial charge < -0.3 is 15.4 Å². The zero-order chi connectivity index (χ0) is 15.0. The molecule has 2 N–H and O–H groups in total. The van der Waals surface area contributed by atoms with Crippen molar-refractivity contribution < 1.29 is 9.53 Å². The van der Waals surface area contributed by atoms with Crippen LogP contribution in [-0.4, -0.2) is 26.7 Å². The van der Waals surface area contributed by atoms with Crippen molar-refractivity contribution in [2.45, 2.75) is 39.0 Å². The average Bonchev–Trinajstić information content (AvgIpc) is 2.42. The van der Waals surface area contributed by atoms with Gasteiger partial charge in [-0.3, -0.25) is 0 Å². The number of carbonyl (C=O) groups excluding carboxylic acids is 1. The summed E-state index contributed by atoms with van der Waals surface area (Å²) >= 11 is 0. The highest BCUT2D eigenvalue weighted by molar-refractivity contribution is 5.96. The number of esters is 1. The van der Waals surface area contributed by atoms with Crippen LogP contribution in [0.3, 0.4) is 0 Å². The van der Waals surface area contributed by atoms with E-state index in [1.54, 1.807) is 12.1 Å². The molecule has 1 aromatic rings. The molecule has 0 amide bonds. The summed E-state index contributed by atoms with van der Waals surface area (Å²) in [4.78, 5) is 14.0. The zero-order valence-corrected chi connectivity index (χ0v) is 12.8. The Bertz CT molecular complexity index is 430. The highest BCUT2D eigenvalue weighted by Gasteiger charge is 2.14. The molecule has 0 bridgehead atoms. The monoisotopic (exact) mass is 278 g/mol. The van der Waals surface area contributed by atoms with Crippen LogP contribution >= 0.6 is 0 Å². The Morgan fingerprint density at radius 1 is 1.20 bits per heavy atom. The van der Waals surface area contributed by atoms with Crippen LogP contribution in [0.1, 0.15) is 49.4 Å². The molecule has 112 valence electrons. The van der Waals surface area contributed by atoms with Crippen molar-refractivity contribution in [2.75, 3.05) is 31.3 Å². The van der Waals surface area contributed by atoms with Gasteiger partial charge in [0.2, 0.25) is 0 Å². The third-order valence-corrected chi connectivity index (χ3v) is 3.20. The van der Waals surface area contributed by atoms with Gasteiger partial charge >= 0.3 is 5.97 Å². The lowest BCUT2D eigenvalue weighted by molar-refractivity contribution is 0.0498. The fourth-order valence-corrected chi connectivity index (χ4v) is 2.06. The van der Waals surface area contributed by atoms with E-state index in [1.807, 2.05) is 25.1 Å². The van der Waals surface area contributed by atoms with E-state index >= 15 is 0 Å². The van der Waals surface area contributed by atoms with Crippen molar-refractivity contribution in [3.8, 4) is 0 Å². The van der Waals surface area contributed by atoms with Gasteiger partial charge in [-0.05, 0) is 24.6 Å². The minimum atomic E-state index is -0.295. The third kappa shape index (κ3) is 5.11. The maximum absolute atomic E-state index is 12.1. The van der Waals surface area contributed by atoms with Crippen LogP contribution in [0.4, 0.5) is 11.4 Å². The Morgan fingerprint density at radius 2 is 1.90 bits per heavy atom. The molecule has 4 nitrogen and oxygen atoms in total. The Labute approximate surface area is 121 Å². The summed E-state index contributed by atoms with van der Waals surface area (Å²) in [6.45, 7) is 2.66. The fraction of sp³-hybridized carbons (Fsp3) is 0.562. The van der Waals surface area contributed by atoms with E-state index in [2.05, 4.69) is 6.92 Å². The van der Waals surface area contributed by atoms with Crippen LogP contribution < -0.4 is 10.6 Å². The van der Waals surface area contributed by atoms with Crippen molar-refractivity contribution in [1.29, 1.82) is 0 Å². The maximum atomic E-state index is 12.1. The van der Waals surface area contributed by atoms with Crippen LogP contribution in [-0.2, 0) is 4.74 Å². The number of hydrogen-bond acceptors (Lipinski definition) is 4. The summed E-state index contributed by atoms with van der Waals surface area (Å²) in [5.41, 5.74) is 7.68. The van der Waals surface area contributed by atoms with Crippen molar-refractivity contribution in [3.63, 3.8) is 0 Å². The maximum Gasteiger partial charge on any atom is 0.340 e. The van der Waals surface area contributed by atoms with Gasteiger partial charge in [0.15, 0.2) is 0 Å². The third-order valence-electron chi connectivity index (χ3n) is 3.20. The van der Waals surface area contributed by atoms with E-state index in [9.17, 15) is 4.79 Å². The van der Waals surface area contributed by atoms with E-state index in [0.29, 0.717) is 17.9 Å². The second-order valence-electron chi connectivity index (χ2n) is 5.22. The molecule has 0 aliphatic heterocycles. The van der Waals surface area contributed by atoms with Gasteiger partial charge in [-0.1, -0.05) is 32.6 Å². The van der Waals surface area contributed by atoms with Gasteiger partial charge in [0.05, 0.1) is 17.9 Å². The Hall–Kier alpha value is -1.71. The van der Waals surface area contributed by atoms with Gasteiger partial charge in [0.25, 0.3) is 0 Å². The number of nitrogen functional groups attached to an aromatic ring is 1. The molecule has 0 fully saturated rings. The molecule has 0 atom stereocenters. The first-order chi connectivity index (χ1) is 9.56. The summed E-state index contributed by atoms with van der Waals surface area (Å²) in [5.74, 6) is -0.295. The van der Waals surface area contributed by atoms with Gasteiger partial charge in [-0.25, -0.2) is 4.79 Å². The second kappa shape index (κ2) is 8.46. The summed E-state index contributed by atoms with van der Waals surface area (Å²) in [6.07, 6.45) is 5.70. The minimum absolute atomic E-state index is 0.295. The van der Waals surface area contributed by atoms with Crippen LogP contribution in [0.5, 0.6) is 0 Å². The molecule has 0 spiro atoms. The molecule has 1 aromatic carbocycles. The van der Waals surface area contributed by atoms with E-state index < -0.39 is 0 Å². The van der Waals surface area contributed by atoms with E-state index in [0.717, 1.165) is 18.5 Å². The second-order valence-corrected chi connectivity index (χ2v) is 5.22. The molecule has 0 unspecified atom stereocenters. The summed E-state index contributed by atoms with van der Waals surface area (Å²) in [5, 5.41) is 0. The number of ether oxygens (including phenoxy) is 1. The van der Waals surface area contributed by atoms with Crippen LogP contribution in [0.15, 0.2) is 18.2 Å². The van der Waals surface area contributed by atoms with Crippen molar-refractivity contribution in [2.24, 2.45) is 0 Å². The Kier molecular flexibility index (Phi) is 6.91. The number of rotatable bonds is 8. The summed E-state index contributed by atoms with van der Waals surface area (Å²) in [6, 6.07) is 5.30. The predicted molar refractivity (Wildman–Crippen MR) is 84.2 cm³/mol. The lowest BCUT2D eigenvalue weighted by atomic mass is 10.1. The zero-order valence-electron chi connectivity index (χ0n) is 12.8. The smallest absolute Gasteiger partial charge is 0.340 e. The normalized spacial score (nSPS) is 10.3. The highest BCUT2D eigenvalue weighted by atomic mass is 16.5. The van der Waals surface area contributed by atoms with Crippen molar-refractivity contribution >= 4 is 17.3 Å². The molecule has 0 aliphatic carbocycles. The van der Waals surface area contributed by atoms with Gasteiger partial charge in [-0.2, -0.15) is 0 Å². The lowest BCUT2D eigenvalue weighted by Crippen LogP contribution is -2.16. The molecule has 20 heavy (non-hydrogen) atoms. The molecular formula is C16H26N2O2. The first-order valence-corrected chi connectivity index (χ1v) is 7.30. The number of nitrogens with zero attached hydrogens (tertiary/aromatic N) is 1. The largest absolute Gasteiger partial charge is 0.462 e. The predicted octanol–water partition coefficient (Wildman–Crippen LogP) is 3.46. The van der Waals surface area contributed by atoms with E-state index in [4.69, 9.17) is 10.5 Å². The molecule has 0 heterocycles. The van der Waals surface area contributed by atoms with Crippen LogP contribution in [0.2, 0.25) is 0 Å². The van der Waals surface area contributed by atoms with Crippen molar-refractivity contribution in [3.05, 3.63) is 23.8 Å². The highest BCUT2D eigenvalue weighted by Crippen LogP contribution is 2.22. The minimum Gasteiger partial charge on any atom is -0.462 e. The number of anilines is 2. The van der Waals surface area contributed by atoms with Crippen molar-refractivity contribution in [1.82, 2.24) is 0 Å². The molecule has 0 aliphatic rings. The van der Waals surface area contributed by atoms with Crippen LogP contribution in [0.25, 0.3) is 0 Å². The fourth-order valence-electron chi connectivity index (χ4n) is 2.06. The van der Waals surface area contributed by atoms with Gasteiger partial charge in [0, 0.05) is 19.8 Å². The number of unbranched alkanes of at least 4 members (excludes halogenated alkanes) is 4. The molecule has 0 saturated heterocycles. The molecule has 0 saturated carbocycles. The summed E-state index contributed by atoms with van der Waals surface area (Å²) in [7, 11) is 3.79. The van der Waals surface area contributed by atoms with E-state index in [1.165, 1.54) is 19.3 Å². The molecule has 1 rings (SSSR count). The molecule has 4 heteroatoms. The van der Waals surface area contributed by atoms with Gasteiger partial charge in [-0.15, -0.1) is 0 Å². The summed E-state index contributed by atoms with van der Waals surface area (Å²) < 4.78 is 5.33. The number of hydrogen-bond donors (Lipinski definition) is 1. The van der Waals surface area contributed by atoms with Gasteiger partial charge in [0.1, 0.15) is 0 Å². The Balaban J connectivity index is 2.52. The molecule has 0 radical (unpaired) electrons. The first-order valence-electron chi connectivity index (χ1n) is 7.30. The van der Waals surface area contributed by atoms with E-state index in [-0.39, 0.29) is 5.97 Å².